The first-order chi connectivity index (χ1) is 12.0. The summed E-state index contributed by atoms with van der Waals surface area (Å²) in [5.41, 5.74) is 1.14. The number of ether oxygens (including phenoxy) is 1. The number of likely N-dealkylation sites (tertiary alicyclic amines) is 1. The van der Waals surface area contributed by atoms with Crippen molar-refractivity contribution in [3.63, 3.8) is 0 Å². The number of carboxylic acid groups (broad SMARTS) is 1. The lowest BCUT2D eigenvalue weighted by Gasteiger charge is -2.39. The van der Waals surface area contributed by atoms with Gasteiger partial charge in [-0.2, -0.15) is 0 Å². The number of nitrogens with zero attached hydrogens (tertiary/aromatic N) is 2. The van der Waals surface area contributed by atoms with E-state index >= 15 is 0 Å². The molecule has 138 valence electrons. The topological polar surface area (TPSA) is 70.1 Å². The molecular weight excluding hydrogens is 320 g/mol. The van der Waals surface area contributed by atoms with Crippen LogP contribution in [0.2, 0.25) is 0 Å². The van der Waals surface area contributed by atoms with E-state index in [0.717, 1.165) is 25.1 Å². The molecule has 1 aromatic rings. The van der Waals surface area contributed by atoms with Gasteiger partial charge in [0.25, 0.3) is 0 Å². The summed E-state index contributed by atoms with van der Waals surface area (Å²) >= 11 is 0. The summed E-state index contributed by atoms with van der Waals surface area (Å²) < 4.78 is 4.95. The van der Waals surface area contributed by atoms with Crippen LogP contribution in [-0.2, 0) is 14.3 Å². The number of hydrogen-bond donors (Lipinski definition) is 1. The average Bonchev–Trinajstić information content (AvgIpc) is 2.61. The van der Waals surface area contributed by atoms with Gasteiger partial charge in [0.1, 0.15) is 6.61 Å². The molecule has 1 fully saturated rings. The number of hydrogen-bond acceptors (Lipinski definition) is 4. The predicted octanol–water partition coefficient (Wildman–Crippen LogP) is 2.10. The standard InChI is InChI=1S/C19H28N2O4/c1-20(17-6-4-3-5-7-17)10-8-16-13-21(18(22)14-25-2)11-9-15(16)12-19(23)24/h3-7,15-16H,8-14H2,1-2H3,(H,23,24)/t15-,16+/m0/s1. The molecule has 0 unspecified atom stereocenters. The monoisotopic (exact) mass is 348 g/mol. The van der Waals surface area contributed by atoms with Crippen LogP contribution in [-0.4, -0.2) is 62.3 Å². The van der Waals surface area contributed by atoms with Gasteiger partial charge in [-0.3, -0.25) is 9.59 Å². The van der Waals surface area contributed by atoms with Gasteiger partial charge >= 0.3 is 5.97 Å². The summed E-state index contributed by atoms with van der Waals surface area (Å²) in [6, 6.07) is 10.1. The highest BCUT2D eigenvalue weighted by Crippen LogP contribution is 2.30. The maximum absolute atomic E-state index is 12.1. The third-order valence-electron chi connectivity index (χ3n) is 4.98. The fourth-order valence-corrected chi connectivity index (χ4v) is 3.51. The smallest absolute Gasteiger partial charge is 0.303 e. The molecule has 0 saturated carbocycles. The van der Waals surface area contributed by atoms with Gasteiger partial charge in [0.05, 0.1) is 0 Å². The number of rotatable bonds is 8. The summed E-state index contributed by atoms with van der Waals surface area (Å²) in [7, 11) is 3.56. The lowest BCUT2D eigenvalue weighted by molar-refractivity contribution is -0.141. The molecule has 6 nitrogen and oxygen atoms in total. The molecule has 0 bridgehead atoms. The first-order valence-electron chi connectivity index (χ1n) is 8.76. The Kier molecular flexibility index (Phi) is 7.25. The first kappa shape index (κ1) is 19.2. The molecule has 1 heterocycles. The molecule has 1 aliphatic heterocycles. The van der Waals surface area contributed by atoms with Crippen molar-refractivity contribution in [2.45, 2.75) is 19.3 Å². The van der Waals surface area contributed by atoms with E-state index in [1.165, 1.54) is 7.11 Å². The van der Waals surface area contributed by atoms with E-state index in [-0.39, 0.29) is 30.8 Å². The Hall–Kier alpha value is -2.08. The van der Waals surface area contributed by atoms with Gasteiger partial charge in [-0.15, -0.1) is 0 Å². The molecule has 1 amide bonds. The van der Waals surface area contributed by atoms with Crippen LogP contribution in [0, 0.1) is 11.8 Å². The Morgan fingerprint density at radius 3 is 2.64 bits per heavy atom. The molecule has 2 rings (SSSR count). The van der Waals surface area contributed by atoms with Crippen molar-refractivity contribution in [2.75, 3.05) is 45.3 Å². The number of para-hydroxylation sites is 1. The maximum atomic E-state index is 12.1. The molecule has 2 atom stereocenters. The molecule has 0 aliphatic carbocycles. The zero-order chi connectivity index (χ0) is 18.2. The van der Waals surface area contributed by atoms with Crippen molar-refractivity contribution < 1.29 is 19.4 Å². The van der Waals surface area contributed by atoms with Gasteiger partial charge in [0, 0.05) is 45.9 Å². The van der Waals surface area contributed by atoms with Crippen LogP contribution in [0.15, 0.2) is 30.3 Å². The fraction of sp³-hybridized carbons (Fsp3) is 0.579. The molecule has 1 aliphatic rings. The van der Waals surface area contributed by atoms with Crippen LogP contribution in [0.5, 0.6) is 0 Å². The number of anilines is 1. The molecule has 0 aromatic heterocycles. The summed E-state index contributed by atoms with van der Waals surface area (Å²) in [4.78, 5) is 27.3. The number of amides is 1. The molecule has 25 heavy (non-hydrogen) atoms. The molecule has 1 N–H and O–H groups in total. The lowest BCUT2D eigenvalue weighted by atomic mass is 9.81. The van der Waals surface area contributed by atoms with Crippen LogP contribution in [0.4, 0.5) is 5.69 Å². The van der Waals surface area contributed by atoms with Gasteiger partial charge in [-0.25, -0.2) is 0 Å². The van der Waals surface area contributed by atoms with Crippen molar-refractivity contribution >= 4 is 17.6 Å². The summed E-state index contributed by atoms with van der Waals surface area (Å²) in [6.45, 7) is 2.14. The van der Waals surface area contributed by atoms with E-state index in [2.05, 4.69) is 17.0 Å². The fourth-order valence-electron chi connectivity index (χ4n) is 3.51. The quantitative estimate of drug-likeness (QED) is 0.779. The van der Waals surface area contributed by atoms with Crippen LogP contribution in [0.25, 0.3) is 0 Å². The Labute approximate surface area is 149 Å². The first-order valence-corrected chi connectivity index (χ1v) is 8.76. The average molecular weight is 348 g/mol. The number of aliphatic carboxylic acids is 1. The number of carboxylic acids is 1. The molecular formula is C19H28N2O4. The highest BCUT2D eigenvalue weighted by Gasteiger charge is 2.32. The van der Waals surface area contributed by atoms with E-state index in [1.54, 1.807) is 0 Å². The number of benzene rings is 1. The largest absolute Gasteiger partial charge is 0.481 e. The predicted molar refractivity (Wildman–Crippen MR) is 96.6 cm³/mol. The van der Waals surface area contributed by atoms with E-state index in [4.69, 9.17) is 4.74 Å². The van der Waals surface area contributed by atoms with Gasteiger partial charge in [0.2, 0.25) is 5.91 Å². The van der Waals surface area contributed by atoms with Crippen LogP contribution >= 0.6 is 0 Å². The highest BCUT2D eigenvalue weighted by molar-refractivity contribution is 5.77. The minimum Gasteiger partial charge on any atom is -0.481 e. The van der Waals surface area contributed by atoms with Crippen molar-refractivity contribution in [1.82, 2.24) is 4.90 Å². The van der Waals surface area contributed by atoms with Crippen LogP contribution in [0.3, 0.4) is 0 Å². The maximum Gasteiger partial charge on any atom is 0.303 e. The second kappa shape index (κ2) is 9.42. The van der Waals surface area contributed by atoms with E-state index in [0.29, 0.717) is 13.1 Å². The lowest BCUT2D eigenvalue weighted by Crippen LogP contribution is -2.46. The van der Waals surface area contributed by atoms with Crippen molar-refractivity contribution in [2.24, 2.45) is 11.8 Å². The van der Waals surface area contributed by atoms with Gasteiger partial charge in [-0.1, -0.05) is 18.2 Å². The Morgan fingerprint density at radius 1 is 1.28 bits per heavy atom. The van der Waals surface area contributed by atoms with Crippen molar-refractivity contribution in [1.29, 1.82) is 0 Å². The molecule has 6 heteroatoms. The molecule has 0 radical (unpaired) electrons. The minimum atomic E-state index is -0.761. The zero-order valence-corrected chi connectivity index (χ0v) is 15.1. The summed E-state index contributed by atoms with van der Waals surface area (Å²) in [5.74, 6) is -0.467. The van der Waals surface area contributed by atoms with Gasteiger partial charge < -0.3 is 19.6 Å². The second-order valence-corrected chi connectivity index (χ2v) is 6.73. The second-order valence-electron chi connectivity index (χ2n) is 6.73. The summed E-state index contributed by atoms with van der Waals surface area (Å²) in [5, 5.41) is 9.19. The Bertz CT molecular complexity index is 564. The Balaban J connectivity index is 1.97. The zero-order valence-electron chi connectivity index (χ0n) is 15.1. The molecule has 1 saturated heterocycles. The Morgan fingerprint density at radius 2 is 2.00 bits per heavy atom. The number of methoxy groups -OCH3 is 1. The third kappa shape index (κ3) is 5.74. The third-order valence-corrected chi connectivity index (χ3v) is 4.98. The number of piperidine rings is 1. The normalized spacial score (nSPS) is 20.3. The molecule has 0 spiro atoms. The number of carbonyl (C=O) groups excluding carboxylic acids is 1. The van der Waals surface area contributed by atoms with Crippen LogP contribution < -0.4 is 4.90 Å². The SMILES string of the molecule is COCC(=O)N1CC[C@@H](CC(=O)O)[C@H](CCN(C)c2ccccc2)C1. The molecule has 1 aromatic carbocycles. The van der Waals surface area contributed by atoms with E-state index in [9.17, 15) is 14.7 Å². The van der Waals surface area contributed by atoms with Gasteiger partial charge in [0.15, 0.2) is 0 Å². The van der Waals surface area contributed by atoms with E-state index < -0.39 is 5.97 Å². The van der Waals surface area contributed by atoms with Gasteiger partial charge in [-0.05, 0) is 36.8 Å². The minimum absolute atomic E-state index is 0.0160. The van der Waals surface area contributed by atoms with Crippen molar-refractivity contribution in [3.05, 3.63) is 30.3 Å². The number of carbonyl (C=O) groups is 2. The van der Waals surface area contributed by atoms with E-state index in [1.807, 2.05) is 30.1 Å². The van der Waals surface area contributed by atoms with Crippen molar-refractivity contribution in [3.8, 4) is 0 Å². The highest BCUT2D eigenvalue weighted by atomic mass is 16.5. The van der Waals surface area contributed by atoms with Crippen LogP contribution in [0.1, 0.15) is 19.3 Å². The summed E-state index contributed by atoms with van der Waals surface area (Å²) in [6.07, 6.45) is 1.77.